The quantitative estimate of drug-likeness (QED) is 0.676. The van der Waals surface area contributed by atoms with Crippen molar-refractivity contribution in [1.82, 2.24) is 20.1 Å². The third kappa shape index (κ3) is 6.36. The first-order valence-corrected chi connectivity index (χ1v) is 10.4. The van der Waals surface area contributed by atoms with E-state index in [1.807, 2.05) is 39.0 Å². The maximum atomic E-state index is 12.2. The molecule has 0 fully saturated rings. The lowest BCUT2D eigenvalue weighted by Gasteiger charge is -2.21. The van der Waals surface area contributed by atoms with Gasteiger partial charge in [0.2, 0.25) is 5.91 Å². The fourth-order valence-corrected chi connectivity index (χ4v) is 3.76. The molecule has 1 aromatic carbocycles. The first kappa shape index (κ1) is 21.4. The number of quaternary nitrogens is 1. The van der Waals surface area contributed by atoms with Gasteiger partial charge < -0.3 is 10.2 Å². The topological polar surface area (TPSA) is 64.2 Å². The van der Waals surface area contributed by atoms with Crippen LogP contribution in [0.25, 0.3) is 0 Å². The van der Waals surface area contributed by atoms with Crippen LogP contribution in [0.2, 0.25) is 0 Å². The summed E-state index contributed by atoms with van der Waals surface area (Å²) in [6.45, 7) is 8.82. The Kier molecular flexibility index (Phi) is 7.44. The SMILES string of the molecule is CC[C@@H](c1nnc(SCC(=O)NC(C)(C)C)n1Cc1ccccc1)[NH+](C)C. The minimum Gasteiger partial charge on any atom is -0.351 e. The van der Waals surface area contributed by atoms with Crippen molar-refractivity contribution in [3.05, 3.63) is 41.7 Å². The molecule has 6 nitrogen and oxygen atoms in total. The predicted molar refractivity (Wildman–Crippen MR) is 110 cm³/mol. The average molecular weight is 391 g/mol. The number of hydrogen-bond donors (Lipinski definition) is 2. The number of aromatic nitrogens is 3. The molecule has 27 heavy (non-hydrogen) atoms. The van der Waals surface area contributed by atoms with Crippen LogP contribution < -0.4 is 10.2 Å². The smallest absolute Gasteiger partial charge is 0.230 e. The molecule has 1 atom stereocenters. The van der Waals surface area contributed by atoms with Gasteiger partial charge in [-0.05, 0) is 26.3 Å². The van der Waals surface area contributed by atoms with Gasteiger partial charge in [-0.3, -0.25) is 9.36 Å². The highest BCUT2D eigenvalue weighted by atomic mass is 32.2. The summed E-state index contributed by atoms with van der Waals surface area (Å²) in [6.07, 6.45) is 0.977. The molecule has 0 radical (unpaired) electrons. The molecule has 0 aliphatic carbocycles. The molecule has 1 aromatic heterocycles. The molecule has 2 rings (SSSR count). The predicted octanol–water partition coefficient (Wildman–Crippen LogP) is 1.93. The second kappa shape index (κ2) is 9.37. The number of hydrogen-bond acceptors (Lipinski definition) is 4. The molecule has 0 saturated carbocycles. The standard InChI is InChI=1S/C20H31N5OS/c1-7-16(24(5)6)18-22-23-19(27-14-17(26)21-20(2,3)4)25(18)13-15-11-9-8-10-12-15/h8-12,16H,7,13-14H2,1-6H3,(H,21,26)/p+1/t16-/m0/s1. The van der Waals surface area contributed by atoms with Gasteiger partial charge in [0, 0.05) is 12.0 Å². The maximum absolute atomic E-state index is 12.2. The van der Waals surface area contributed by atoms with Crippen LogP contribution in [-0.4, -0.2) is 46.1 Å². The third-order valence-corrected chi connectivity index (χ3v) is 5.16. The number of thioether (sulfide) groups is 1. The Bertz CT molecular complexity index is 737. The van der Waals surface area contributed by atoms with E-state index in [-0.39, 0.29) is 17.5 Å². The van der Waals surface area contributed by atoms with Crippen LogP contribution in [0, 0.1) is 0 Å². The summed E-state index contributed by atoms with van der Waals surface area (Å²) in [5, 5.41) is 12.7. The van der Waals surface area contributed by atoms with E-state index < -0.39 is 0 Å². The van der Waals surface area contributed by atoms with Gasteiger partial charge in [-0.25, -0.2) is 0 Å². The molecular formula is C20H32N5OS+. The number of carbonyl (C=O) groups is 1. The van der Waals surface area contributed by atoms with Crippen LogP contribution in [0.4, 0.5) is 0 Å². The number of carbonyl (C=O) groups excluding carboxylic acids is 1. The zero-order valence-corrected chi connectivity index (χ0v) is 18.1. The molecular weight excluding hydrogens is 358 g/mol. The molecule has 7 heteroatoms. The van der Waals surface area contributed by atoms with Gasteiger partial charge >= 0.3 is 0 Å². The number of rotatable bonds is 8. The summed E-state index contributed by atoms with van der Waals surface area (Å²) in [5.74, 6) is 1.31. The fourth-order valence-electron chi connectivity index (χ4n) is 3.01. The number of nitrogens with one attached hydrogen (secondary N) is 2. The molecule has 1 heterocycles. The summed E-state index contributed by atoms with van der Waals surface area (Å²) in [6, 6.07) is 10.6. The Morgan fingerprint density at radius 3 is 2.44 bits per heavy atom. The zero-order valence-electron chi connectivity index (χ0n) is 17.2. The van der Waals surface area contributed by atoms with E-state index >= 15 is 0 Å². The highest BCUT2D eigenvalue weighted by molar-refractivity contribution is 7.99. The molecule has 0 aliphatic rings. The molecule has 2 N–H and O–H groups in total. The normalized spacial score (nSPS) is 13.0. The molecule has 0 spiro atoms. The second-order valence-corrected chi connectivity index (χ2v) is 8.98. The van der Waals surface area contributed by atoms with E-state index in [1.54, 1.807) is 0 Å². The van der Waals surface area contributed by atoms with Crippen LogP contribution >= 0.6 is 11.8 Å². The molecule has 0 saturated heterocycles. The van der Waals surface area contributed by atoms with Crippen molar-refractivity contribution < 1.29 is 9.69 Å². The zero-order chi connectivity index (χ0) is 20.0. The lowest BCUT2D eigenvalue weighted by Crippen LogP contribution is -3.06. The minimum absolute atomic E-state index is 0.00795. The largest absolute Gasteiger partial charge is 0.351 e. The average Bonchev–Trinajstić information content (AvgIpc) is 2.95. The third-order valence-electron chi connectivity index (χ3n) is 4.19. The summed E-state index contributed by atoms with van der Waals surface area (Å²) in [5.41, 5.74) is 0.963. The molecule has 2 aromatic rings. The van der Waals surface area contributed by atoms with Gasteiger partial charge in [-0.2, -0.15) is 0 Å². The van der Waals surface area contributed by atoms with Crippen molar-refractivity contribution in [2.24, 2.45) is 0 Å². The first-order valence-electron chi connectivity index (χ1n) is 9.42. The van der Waals surface area contributed by atoms with E-state index in [2.05, 4.69) is 53.2 Å². The van der Waals surface area contributed by atoms with Gasteiger partial charge in [-0.15, -0.1) is 10.2 Å². The maximum Gasteiger partial charge on any atom is 0.230 e. The summed E-state index contributed by atoms with van der Waals surface area (Å²) in [4.78, 5) is 13.5. The Balaban J connectivity index is 2.25. The van der Waals surface area contributed by atoms with Crippen molar-refractivity contribution in [3.63, 3.8) is 0 Å². The van der Waals surface area contributed by atoms with E-state index in [0.29, 0.717) is 12.3 Å². The van der Waals surface area contributed by atoms with Gasteiger partial charge in [-0.1, -0.05) is 49.0 Å². The number of nitrogens with zero attached hydrogens (tertiary/aromatic N) is 3. The van der Waals surface area contributed by atoms with Gasteiger partial charge in [0.05, 0.1) is 26.4 Å². The Labute approximate surface area is 166 Å². The van der Waals surface area contributed by atoms with Crippen LogP contribution in [0.1, 0.15) is 51.5 Å². The van der Waals surface area contributed by atoms with E-state index in [1.165, 1.54) is 22.2 Å². The molecule has 148 valence electrons. The lowest BCUT2D eigenvalue weighted by atomic mass is 10.1. The van der Waals surface area contributed by atoms with E-state index in [9.17, 15) is 4.79 Å². The number of amides is 1. The van der Waals surface area contributed by atoms with Crippen LogP contribution in [-0.2, 0) is 11.3 Å². The van der Waals surface area contributed by atoms with Crippen LogP contribution in [0.3, 0.4) is 0 Å². The summed E-state index contributed by atoms with van der Waals surface area (Å²) in [7, 11) is 4.28. The van der Waals surface area contributed by atoms with Gasteiger partial charge in [0.15, 0.2) is 11.0 Å². The lowest BCUT2D eigenvalue weighted by molar-refractivity contribution is -0.893. The van der Waals surface area contributed by atoms with E-state index in [4.69, 9.17) is 0 Å². The van der Waals surface area contributed by atoms with E-state index in [0.717, 1.165) is 17.4 Å². The highest BCUT2D eigenvalue weighted by Gasteiger charge is 2.25. The first-order chi connectivity index (χ1) is 12.7. The van der Waals surface area contributed by atoms with Crippen molar-refractivity contribution in [2.45, 2.75) is 57.4 Å². The van der Waals surface area contributed by atoms with Crippen LogP contribution in [0.5, 0.6) is 0 Å². The van der Waals surface area contributed by atoms with Crippen molar-refractivity contribution in [1.29, 1.82) is 0 Å². The Hall–Kier alpha value is -1.86. The molecule has 1 amide bonds. The Morgan fingerprint density at radius 1 is 1.22 bits per heavy atom. The summed E-state index contributed by atoms with van der Waals surface area (Å²) >= 11 is 1.44. The van der Waals surface area contributed by atoms with Crippen LogP contribution in [0.15, 0.2) is 35.5 Å². The van der Waals surface area contributed by atoms with Gasteiger partial charge in [0.25, 0.3) is 0 Å². The van der Waals surface area contributed by atoms with Crippen molar-refractivity contribution >= 4 is 17.7 Å². The van der Waals surface area contributed by atoms with Gasteiger partial charge in [0.1, 0.15) is 6.04 Å². The van der Waals surface area contributed by atoms with Crippen molar-refractivity contribution in [2.75, 3.05) is 19.8 Å². The number of benzene rings is 1. The summed E-state index contributed by atoms with van der Waals surface area (Å²) < 4.78 is 2.16. The fraction of sp³-hybridized carbons (Fsp3) is 0.550. The molecule has 0 aliphatic heterocycles. The minimum atomic E-state index is -0.234. The second-order valence-electron chi connectivity index (χ2n) is 8.04. The monoisotopic (exact) mass is 390 g/mol. The molecule has 0 unspecified atom stereocenters. The molecule has 0 bridgehead atoms. The highest BCUT2D eigenvalue weighted by Crippen LogP contribution is 2.22. The Morgan fingerprint density at radius 2 is 1.89 bits per heavy atom. The van der Waals surface area contributed by atoms with Crippen molar-refractivity contribution in [3.8, 4) is 0 Å².